The number of rotatable bonds is 3. The first-order valence-electron chi connectivity index (χ1n) is 7.65. The summed E-state index contributed by atoms with van der Waals surface area (Å²) in [4.78, 5) is 11.6. The van der Waals surface area contributed by atoms with Crippen LogP contribution in [-0.4, -0.2) is 15.6 Å². The van der Waals surface area contributed by atoms with Gasteiger partial charge in [0.25, 0.3) is 0 Å². The Kier molecular flexibility index (Phi) is 4.60. The molecule has 4 nitrogen and oxygen atoms in total. The van der Waals surface area contributed by atoms with Crippen LogP contribution in [0.3, 0.4) is 0 Å². The van der Waals surface area contributed by atoms with Crippen LogP contribution in [0.15, 0.2) is 36.0 Å². The molecule has 2 aromatic rings. The average molecular weight is 370 g/mol. The molecule has 0 radical (unpaired) electrons. The Bertz CT molecular complexity index is 855. The number of hydrogen-bond donors (Lipinski definition) is 1. The smallest absolute Gasteiger partial charge is 0.344 e. The van der Waals surface area contributed by atoms with E-state index in [0.717, 1.165) is 12.1 Å². The minimum atomic E-state index is -4.48. The number of halogens is 4. The van der Waals surface area contributed by atoms with Crippen molar-refractivity contribution in [3.05, 3.63) is 52.3 Å². The molecule has 25 heavy (non-hydrogen) atoms. The molecule has 0 aliphatic heterocycles. The number of alkyl halides is 3. The fraction of sp³-hybridized carbons (Fsp3) is 0.294. The van der Waals surface area contributed by atoms with Gasteiger partial charge in [-0.1, -0.05) is 17.7 Å². The maximum atomic E-state index is 13.0. The number of aryl methyl sites for hydroxylation is 1. The number of nitrogens with zero attached hydrogens (tertiary/aromatic N) is 2. The highest BCUT2D eigenvalue weighted by Crippen LogP contribution is 2.34. The number of carbonyl (C=O) groups excluding carboxylic acids is 1. The van der Waals surface area contributed by atoms with Gasteiger partial charge in [0.1, 0.15) is 11.6 Å². The Balaban J connectivity index is 2.01. The van der Waals surface area contributed by atoms with Crippen molar-refractivity contribution in [2.24, 2.45) is 0 Å². The summed E-state index contributed by atoms with van der Waals surface area (Å²) in [7, 11) is 0. The summed E-state index contributed by atoms with van der Waals surface area (Å²) in [6, 6.07) is 4.78. The van der Waals surface area contributed by atoms with E-state index in [0.29, 0.717) is 30.1 Å². The molecular formula is C17H15ClF3N3O. The third kappa shape index (κ3) is 3.87. The van der Waals surface area contributed by atoms with Gasteiger partial charge in [-0.15, -0.1) is 0 Å². The summed E-state index contributed by atoms with van der Waals surface area (Å²) in [5, 5.41) is 7.47. The molecule has 1 aromatic carbocycles. The maximum absolute atomic E-state index is 13.0. The van der Waals surface area contributed by atoms with Gasteiger partial charge in [0.05, 0.1) is 22.0 Å². The van der Waals surface area contributed by atoms with Crippen molar-refractivity contribution in [3.8, 4) is 5.69 Å². The number of allylic oxidation sites excluding steroid dienone is 2. The van der Waals surface area contributed by atoms with Crippen molar-refractivity contribution in [3.63, 3.8) is 0 Å². The minimum Gasteiger partial charge on any atom is -0.344 e. The van der Waals surface area contributed by atoms with E-state index in [1.165, 1.54) is 10.7 Å². The van der Waals surface area contributed by atoms with Gasteiger partial charge in [0.15, 0.2) is 0 Å². The molecule has 132 valence electrons. The van der Waals surface area contributed by atoms with Crippen molar-refractivity contribution in [1.29, 1.82) is 0 Å². The Hall–Kier alpha value is -2.28. The highest BCUT2D eigenvalue weighted by molar-refractivity contribution is 6.32. The van der Waals surface area contributed by atoms with E-state index >= 15 is 0 Å². The van der Waals surface area contributed by atoms with Crippen molar-refractivity contribution in [2.75, 3.05) is 5.32 Å². The van der Waals surface area contributed by atoms with Gasteiger partial charge in [-0.3, -0.25) is 4.79 Å². The van der Waals surface area contributed by atoms with Gasteiger partial charge >= 0.3 is 6.18 Å². The zero-order chi connectivity index (χ0) is 18.2. The second-order valence-electron chi connectivity index (χ2n) is 5.86. The molecule has 1 aromatic heterocycles. The van der Waals surface area contributed by atoms with Crippen molar-refractivity contribution >= 4 is 23.2 Å². The average Bonchev–Trinajstić information content (AvgIpc) is 2.87. The second kappa shape index (κ2) is 6.55. The van der Waals surface area contributed by atoms with Gasteiger partial charge in [-0.05, 0) is 31.5 Å². The molecule has 0 fully saturated rings. The highest BCUT2D eigenvalue weighted by atomic mass is 35.5. The number of benzene rings is 1. The summed E-state index contributed by atoms with van der Waals surface area (Å²) in [6.45, 7) is 1.73. The number of anilines is 1. The number of aromatic nitrogens is 2. The van der Waals surface area contributed by atoms with E-state index in [1.807, 2.05) is 6.08 Å². The summed E-state index contributed by atoms with van der Waals surface area (Å²) < 4.78 is 40.3. The number of hydrogen-bond acceptors (Lipinski definition) is 3. The van der Waals surface area contributed by atoms with Gasteiger partial charge in [-0.2, -0.15) is 18.3 Å². The molecule has 1 aliphatic carbocycles. The Morgan fingerprint density at radius 1 is 1.28 bits per heavy atom. The zero-order valence-corrected chi connectivity index (χ0v) is 14.1. The molecule has 0 spiro atoms. The zero-order valence-electron chi connectivity index (χ0n) is 13.3. The SMILES string of the molecule is Cc1cc(NC2=CCCC(=O)C2)n(-c2cc(C(F)(F)F)ccc2Cl)n1. The Labute approximate surface area is 147 Å². The summed E-state index contributed by atoms with van der Waals surface area (Å²) in [6.07, 6.45) is -1.17. The predicted octanol–water partition coefficient (Wildman–Crippen LogP) is 4.90. The molecule has 1 heterocycles. The van der Waals surface area contributed by atoms with E-state index in [4.69, 9.17) is 11.6 Å². The number of nitrogens with one attached hydrogen (secondary N) is 1. The van der Waals surface area contributed by atoms with Crippen LogP contribution in [0, 0.1) is 6.92 Å². The molecule has 0 unspecified atom stereocenters. The van der Waals surface area contributed by atoms with E-state index < -0.39 is 11.7 Å². The third-order valence-corrected chi connectivity index (χ3v) is 4.14. The van der Waals surface area contributed by atoms with E-state index in [9.17, 15) is 18.0 Å². The van der Waals surface area contributed by atoms with Gasteiger partial charge in [0.2, 0.25) is 0 Å². The lowest BCUT2D eigenvalue weighted by Crippen LogP contribution is -2.14. The van der Waals surface area contributed by atoms with Gasteiger partial charge < -0.3 is 5.32 Å². The van der Waals surface area contributed by atoms with Crippen molar-refractivity contribution in [2.45, 2.75) is 32.4 Å². The number of ketones is 1. The van der Waals surface area contributed by atoms with Crippen LogP contribution in [0.1, 0.15) is 30.5 Å². The minimum absolute atomic E-state index is 0.116. The molecule has 1 aliphatic rings. The molecule has 0 bridgehead atoms. The number of carbonyl (C=O) groups is 1. The fourth-order valence-electron chi connectivity index (χ4n) is 2.66. The lowest BCUT2D eigenvalue weighted by molar-refractivity contribution is -0.137. The molecule has 0 amide bonds. The first kappa shape index (κ1) is 17.5. The standard InChI is InChI=1S/C17H15ClF3N3O/c1-10-7-16(22-12-3-2-4-13(25)9-12)24(23-10)15-8-11(17(19,20)21)5-6-14(15)18/h3,5-8,22H,2,4,9H2,1H3. The van der Waals surface area contributed by atoms with Crippen LogP contribution in [-0.2, 0) is 11.0 Å². The van der Waals surface area contributed by atoms with Crippen LogP contribution in [0.4, 0.5) is 19.0 Å². The van der Waals surface area contributed by atoms with E-state index in [2.05, 4.69) is 10.4 Å². The molecule has 0 saturated carbocycles. The van der Waals surface area contributed by atoms with Crippen LogP contribution in [0.25, 0.3) is 5.69 Å². The van der Waals surface area contributed by atoms with Gasteiger partial charge in [-0.25, -0.2) is 4.68 Å². The Morgan fingerprint density at radius 3 is 2.72 bits per heavy atom. The van der Waals surface area contributed by atoms with Crippen LogP contribution in [0.5, 0.6) is 0 Å². The topological polar surface area (TPSA) is 46.9 Å². The molecule has 3 rings (SSSR count). The molecule has 0 atom stereocenters. The van der Waals surface area contributed by atoms with E-state index in [1.54, 1.807) is 13.0 Å². The van der Waals surface area contributed by atoms with Crippen LogP contribution in [0.2, 0.25) is 5.02 Å². The normalized spacial score (nSPS) is 15.2. The van der Waals surface area contributed by atoms with Gasteiger partial charge in [0, 0.05) is 24.6 Å². The van der Waals surface area contributed by atoms with E-state index in [-0.39, 0.29) is 22.9 Å². The van der Waals surface area contributed by atoms with Crippen molar-refractivity contribution < 1.29 is 18.0 Å². The fourth-order valence-corrected chi connectivity index (χ4v) is 2.86. The summed E-state index contributed by atoms with van der Waals surface area (Å²) in [5.41, 5.74) is 0.632. The monoisotopic (exact) mass is 369 g/mol. The molecular weight excluding hydrogens is 355 g/mol. The predicted molar refractivity (Wildman–Crippen MR) is 88.9 cm³/mol. The quantitative estimate of drug-likeness (QED) is 0.836. The van der Waals surface area contributed by atoms with Crippen molar-refractivity contribution in [1.82, 2.24) is 9.78 Å². The third-order valence-electron chi connectivity index (χ3n) is 3.82. The summed E-state index contributed by atoms with van der Waals surface area (Å²) in [5.74, 6) is 0.574. The van der Waals surface area contributed by atoms with Crippen LogP contribution < -0.4 is 5.32 Å². The lowest BCUT2D eigenvalue weighted by Gasteiger charge is -2.17. The maximum Gasteiger partial charge on any atom is 0.416 e. The van der Waals surface area contributed by atoms with Crippen LogP contribution >= 0.6 is 11.6 Å². The first-order valence-corrected chi connectivity index (χ1v) is 8.03. The largest absolute Gasteiger partial charge is 0.416 e. The summed E-state index contributed by atoms with van der Waals surface area (Å²) >= 11 is 6.10. The second-order valence-corrected chi connectivity index (χ2v) is 6.26. The molecule has 0 saturated heterocycles. The lowest BCUT2D eigenvalue weighted by atomic mass is 10.0. The molecule has 1 N–H and O–H groups in total. The first-order chi connectivity index (χ1) is 11.7. The molecule has 8 heteroatoms. The Morgan fingerprint density at radius 2 is 2.04 bits per heavy atom. The number of Topliss-reactive ketones (excluding diaryl/α,β-unsaturated/α-hetero) is 1. The highest BCUT2D eigenvalue weighted by Gasteiger charge is 2.31.